The van der Waals surface area contributed by atoms with Crippen molar-refractivity contribution in [1.29, 1.82) is 0 Å². The van der Waals surface area contributed by atoms with Crippen LogP contribution in [0.3, 0.4) is 0 Å². The Morgan fingerprint density at radius 1 is 1.31 bits per heavy atom. The topological polar surface area (TPSA) is 36.8 Å². The molecular formula is C10H13N3. The summed E-state index contributed by atoms with van der Waals surface area (Å²) in [7, 11) is 1.76. The van der Waals surface area contributed by atoms with E-state index < -0.39 is 0 Å². The van der Waals surface area contributed by atoms with E-state index in [9.17, 15) is 0 Å². The quantitative estimate of drug-likeness (QED) is 0.553. The predicted octanol–water partition coefficient (Wildman–Crippen LogP) is 1.98. The van der Waals surface area contributed by atoms with Gasteiger partial charge in [0.05, 0.1) is 17.6 Å². The molecule has 0 aliphatic heterocycles. The van der Waals surface area contributed by atoms with Gasteiger partial charge in [0.1, 0.15) is 0 Å². The van der Waals surface area contributed by atoms with E-state index in [2.05, 4.69) is 15.5 Å². The predicted molar refractivity (Wildman–Crippen MR) is 56.8 cm³/mol. The monoisotopic (exact) mass is 175 g/mol. The molecule has 3 heteroatoms. The summed E-state index contributed by atoms with van der Waals surface area (Å²) >= 11 is 0. The Labute approximate surface area is 78.2 Å². The summed E-state index contributed by atoms with van der Waals surface area (Å²) in [6.07, 6.45) is 1.69. The number of benzene rings is 1. The first-order chi connectivity index (χ1) is 6.33. The van der Waals surface area contributed by atoms with E-state index in [4.69, 9.17) is 0 Å². The van der Waals surface area contributed by atoms with E-state index in [0.717, 1.165) is 11.4 Å². The highest BCUT2D eigenvalue weighted by Crippen LogP contribution is 2.09. The van der Waals surface area contributed by atoms with Gasteiger partial charge in [0.2, 0.25) is 0 Å². The van der Waals surface area contributed by atoms with Crippen molar-refractivity contribution in [2.75, 3.05) is 7.05 Å². The third kappa shape index (κ3) is 3.51. The smallest absolute Gasteiger partial charge is 0.0680 e. The molecule has 0 heterocycles. The third-order valence-corrected chi connectivity index (χ3v) is 1.44. The van der Waals surface area contributed by atoms with Crippen LogP contribution in [0.5, 0.6) is 0 Å². The SMILES string of the molecule is CNN=CC(C)=Nc1ccccc1. The fourth-order valence-corrected chi connectivity index (χ4v) is 0.893. The van der Waals surface area contributed by atoms with Crippen LogP contribution >= 0.6 is 0 Å². The molecule has 0 spiro atoms. The fraction of sp³-hybridized carbons (Fsp3) is 0.200. The van der Waals surface area contributed by atoms with Crippen LogP contribution in [0.15, 0.2) is 40.4 Å². The van der Waals surface area contributed by atoms with Gasteiger partial charge in [-0.05, 0) is 19.1 Å². The van der Waals surface area contributed by atoms with Crippen LogP contribution in [-0.4, -0.2) is 19.0 Å². The Balaban J connectivity index is 2.71. The maximum absolute atomic E-state index is 4.32. The van der Waals surface area contributed by atoms with Crippen molar-refractivity contribution < 1.29 is 0 Å². The summed E-state index contributed by atoms with van der Waals surface area (Å²) in [4.78, 5) is 4.32. The van der Waals surface area contributed by atoms with Crippen LogP contribution < -0.4 is 5.43 Å². The molecule has 0 saturated carbocycles. The number of hydrogen-bond acceptors (Lipinski definition) is 3. The molecule has 1 aromatic rings. The molecule has 0 unspecified atom stereocenters. The van der Waals surface area contributed by atoms with Gasteiger partial charge in [-0.2, -0.15) is 5.10 Å². The zero-order chi connectivity index (χ0) is 9.52. The molecule has 0 aromatic heterocycles. The van der Waals surface area contributed by atoms with Gasteiger partial charge in [0.15, 0.2) is 0 Å². The lowest BCUT2D eigenvalue weighted by atomic mass is 10.3. The van der Waals surface area contributed by atoms with E-state index >= 15 is 0 Å². The number of hydrazone groups is 1. The Bertz CT molecular complexity index is 301. The van der Waals surface area contributed by atoms with E-state index in [1.54, 1.807) is 13.3 Å². The summed E-state index contributed by atoms with van der Waals surface area (Å²) in [5.74, 6) is 0. The van der Waals surface area contributed by atoms with Crippen LogP contribution in [-0.2, 0) is 0 Å². The van der Waals surface area contributed by atoms with Gasteiger partial charge in [-0.1, -0.05) is 18.2 Å². The van der Waals surface area contributed by atoms with Crippen LogP contribution in [0, 0.1) is 0 Å². The zero-order valence-corrected chi connectivity index (χ0v) is 7.86. The maximum atomic E-state index is 4.32. The third-order valence-electron chi connectivity index (χ3n) is 1.44. The number of rotatable bonds is 3. The molecule has 0 bridgehead atoms. The minimum absolute atomic E-state index is 0.876. The summed E-state index contributed by atoms with van der Waals surface area (Å²) in [5.41, 5.74) is 4.50. The molecule has 0 amide bonds. The number of nitrogens with one attached hydrogen (secondary N) is 1. The Hall–Kier alpha value is -1.64. The van der Waals surface area contributed by atoms with Gasteiger partial charge in [-0.3, -0.25) is 4.99 Å². The van der Waals surface area contributed by atoms with Crippen LogP contribution in [0.25, 0.3) is 0 Å². The van der Waals surface area contributed by atoms with Gasteiger partial charge < -0.3 is 5.43 Å². The van der Waals surface area contributed by atoms with Crippen molar-refractivity contribution in [3.63, 3.8) is 0 Å². The lowest BCUT2D eigenvalue weighted by Crippen LogP contribution is -1.99. The summed E-state index contributed by atoms with van der Waals surface area (Å²) < 4.78 is 0. The Kier molecular flexibility index (Phi) is 3.70. The van der Waals surface area contributed by atoms with Crippen LogP contribution in [0.1, 0.15) is 6.92 Å². The van der Waals surface area contributed by atoms with Crippen molar-refractivity contribution >= 4 is 17.6 Å². The minimum atomic E-state index is 0.876. The van der Waals surface area contributed by atoms with Crippen molar-refractivity contribution in [3.8, 4) is 0 Å². The summed E-state index contributed by atoms with van der Waals surface area (Å²) in [6, 6.07) is 9.80. The van der Waals surface area contributed by atoms with E-state index in [1.807, 2.05) is 37.3 Å². The number of para-hydroxylation sites is 1. The molecule has 0 saturated heterocycles. The highest BCUT2D eigenvalue weighted by molar-refractivity contribution is 6.30. The van der Waals surface area contributed by atoms with Crippen LogP contribution in [0.2, 0.25) is 0 Å². The minimum Gasteiger partial charge on any atom is -0.313 e. The first-order valence-corrected chi connectivity index (χ1v) is 4.13. The number of hydrogen-bond donors (Lipinski definition) is 1. The normalized spacial score (nSPS) is 12.0. The highest BCUT2D eigenvalue weighted by atomic mass is 15.3. The standard InChI is InChI=1S/C10H13N3/c1-9(8-12-11-2)13-10-6-4-3-5-7-10/h3-8,11H,1-2H3. The molecule has 13 heavy (non-hydrogen) atoms. The summed E-state index contributed by atoms with van der Waals surface area (Å²) in [5, 5.41) is 3.86. The lowest BCUT2D eigenvalue weighted by Gasteiger charge is -1.93. The molecule has 3 nitrogen and oxygen atoms in total. The average molecular weight is 175 g/mol. The van der Waals surface area contributed by atoms with E-state index in [-0.39, 0.29) is 0 Å². The molecule has 0 fully saturated rings. The second kappa shape index (κ2) is 5.09. The van der Waals surface area contributed by atoms with Crippen molar-refractivity contribution in [2.45, 2.75) is 6.92 Å². The van der Waals surface area contributed by atoms with Gasteiger partial charge in [-0.25, -0.2) is 0 Å². The highest BCUT2D eigenvalue weighted by Gasteiger charge is 1.87. The molecular weight excluding hydrogens is 162 g/mol. The lowest BCUT2D eigenvalue weighted by molar-refractivity contribution is 0.910. The van der Waals surface area contributed by atoms with Gasteiger partial charge in [-0.15, -0.1) is 0 Å². The first kappa shape index (κ1) is 9.45. The molecule has 1 N–H and O–H groups in total. The van der Waals surface area contributed by atoms with Crippen molar-refractivity contribution in [1.82, 2.24) is 5.43 Å². The Morgan fingerprint density at radius 3 is 2.62 bits per heavy atom. The molecule has 1 aromatic carbocycles. The molecule has 0 aliphatic carbocycles. The zero-order valence-electron chi connectivity index (χ0n) is 7.86. The first-order valence-electron chi connectivity index (χ1n) is 4.13. The molecule has 0 atom stereocenters. The number of aliphatic imine (C=N–C) groups is 1. The van der Waals surface area contributed by atoms with Gasteiger partial charge in [0.25, 0.3) is 0 Å². The van der Waals surface area contributed by atoms with E-state index in [0.29, 0.717) is 0 Å². The largest absolute Gasteiger partial charge is 0.313 e. The number of nitrogens with zero attached hydrogens (tertiary/aromatic N) is 2. The Morgan fingerprint density at radius 2 is 2.00 bits per heavy atom. The average Bonchev–Trinajstić information content (AvgIpc) is 2.16. The maximum Gasteiger partial charge on any atom is 0.0680 e. The molecule has 0 radical (unpaired) electrons. The molecule has 1 rings (SSSR count). The van der Waals surface area contributed by atoms with Crippen LogP contribution in [0.4, 0.5) is 5.69 Å². The second-order valence-electron chi connectivity index (χ2n) is 2.57. The van der Waals surface area contributed by atoms with Gasteiger partial charge >= 0.3 is 0 Å². The van der Waals surface area contributed by atoms with E-state index in [1.165, 1.54) is 0 Å². The van der Waals surface area contributed by atoms with Crippen molar-refractivity contribution in [3.05, 3.63) is 30.3 Å². The van der Waals surface area contributed by atoms with Crippen molar-refractivity contribution in [2.24, 2.45) is 10.1 Å². The molecule has 0 aliphatic rings. The summed E-state index contributed by atoms with van der Waals surface area (Å²) in [6.45, 7) is 1.91. The van der Waals surface area contributed by atoms with Gasteiger partial charge in [0, 0.05) is 7.05 Å². The fourth-order valence-electron chi connectivity index (χ4n) is 0.893. The second-order valence-corrected chi connectivity index (χ2v) is 2.57. The molecule has 68 valence electrons.